The number of carbonyl (C=O) groups excluding carboxylic acids is 3. The first kappa shape index (κ1) is 26.5. The van der Waals surface area contributed by atoms with E-state index < -0.39 is 0 Å². The van der Waals surface area contributed by atoms with Crippen LogP contribution in [0, 0.1) is 46.3 Å². The van der Waals surface area contributed by atoms with E-state index in [4.69, 9.17) is 14.2 Å². The van der Waals surface area contributed by atoms with Crippen molar-refractivity contribution in [3.8, 4) is 0 Å². The predicted molar refractivity (Wildman–Crippen MR) is 132 cm³/mol. The highest BCUT2D eigenvalue weighted by molar-refractivity contribution is 5.69. The fraction of sp³-hybridized carbons (Fsp3) is 0.897. The van der Waals surface area contributed by atoms with Gasteiger partial charge in [-0.3, -0.25) is 14.4 Å². The van der Waals surface area contributed by atoms with Crippen LogP contribution in [-0.4, -0.2) is 37.2 Å². The van der Waals surface area contributed by atoms with Crippen molar-refractivity contribution in [1.82, 2.24) is 0 Å². The third-order valence-corrected chi connectivity index (χ3v) is 11.0. The maximum absolute atomic E-state index is 12.3. The molecule has 35 heavy (non-hydrogen) atoms. The second-order valence-corrected chi connectivity index (χ2v) is 12.7. The number of hydrogen-bond acceptors (Lipinski definition) is 6. The Bertz CT molecular complexity index is 824. The molecule has 4 aliphatic rings. The van der Waals surface area contributed by atoms with Gasteiger partial charge in [0.25, 0.3) is 0 Å². The summed E-state index contributed by atoms with van der Waals surface area (Å²) in [6, 6.07) is 0. The lowest BCUT2D eigenvalue weighted by Gasteiger charge is -2.63. The molecular formula is C29H46O6. The third-order valence-electron chi connectivity index (χ3n) is 11.0. The monoisotopic (exact) mass is 490 g/mol. The number of carbonyl (C=O) groups is 3. The number of esters is 3. The Morgan fingerprint density at radius 2 is 1.66 bits per heavy atom. The van der Waals surface area contributed by atoms with Gasteiger partial charge in [0.1, 0.15) is 12.2 Å². The highest BCUT2D eigenvalue weighted by Crippen LogP contribution is 2.69. The average molecular weight is 491 g/mol. The van der Waals surface area contributed by atoms with Gasteiger partial charge in [-0.05, 0) is 98.2 Å². The molecule has 4 rings (SSSR count). The normalized spacial score (nSPS) is 43.2. The van der Waals surface area contributed by atoms with Gasteiger partial charge in [0, 0.05) is 26.2 Å². The number of methoxy groups -OCH3 is 1. The zero-order valence-corrected chi connectivity index (χ0v) is 22.6. The smallest absolute Gasteiger partial charge is 0.305 e. The van der Waals surface area contributed by atoms with Crippen molar-refractivity contribution in [3.05, 3.63) is 0 Å². The van der Waals surface area contributed by atoms with Gasteiger partial charge < -0.3 is 14.2 Å². The van der Waals surface area contributed by atoms with Crippen LogP contribution >= 0.6 is 0 Å². The average Bonchev–Trinajstić information content (AvgIpc) is 3.13. The van der Waals surface area contributed by atoms with Crippen LogP contribution in [0.5, 0.6) is 0 Å². The maximum atomic E-state index is 12.3. The minimum absolute atomic E-state index is 0.0229. The molecule has 0 unspecified atom stereocenters. The van der Waals surface area contributed by atoms with E-state index in [2.05, 4.69) is 20.8 Å². The molecule has 0 heterocycles. The Morgan fingerprint density at radius 3 is 2.31 bits per heavy atom. The zero-order valence-electron chi connectivity index (χ0n) is 22.6. The Kier molecular flexibility index (Phi) is 7.60. The predicted octanol–water partition coefficient (Wildman–Crippen LogP) is 5.71. The Balaban J connectivity index is 1.58. The third kappa shape index (κ3) is 4.87. The summed E-state index contributed by atoms with van der Waals surface area (Å²) in [5.41, 5.74) is 0.227. The van der Waals surface area contributed by atoms with E-state index in [1.807, 2.05) is 0 Å². The van der Waals surface area contributed by atoms with E-state index >= 15 is 0 Å². The minimum atomic E-state index is -0.183. The summed E-state index contributed by atoms with van der Waals surface area (Å²) in [7, 11) is 1.46. The van der Waals surface area contributed by atoms with Crippen molar-refractivity contribution in [3.63, 3.8) is 0 Å². The lowest BCUT2D eigenvalue weighted by molar-refractivity contribution is -0.201. The first-order valence-corrected chi connectivity index (χ1v) is 13.9. The molecule has 0 saturated heterocycles. The van der Waals surface area contributed by atoms with Crippen LogP contribution in [0.3, 0.4) is 0 Å². The van der Waals surface area contributed by atoms with Gasteiger partial charge >= 0.3 is 17.9 Å². The molecular weight excluding hydrogens is 444 g/mol. The van der Waals surface area contributed by atoms with Crippen molar-refractivity contribution in [2.24, 2.45) is 46.3 Å². The van der Waals surface area contributed by atoms with Gasteiger partial charge in [-0.25, -0.2) is 0 Å². The van der Waals surface area contributed by atoms with Crippen molar-refractivity contribution < 1.29 is 28.6 Å². The molecule has 0 bridgehead atoms. The molecule has 4 fully saturated rings. The summed E-state index contributed by atoms with van der Waals surface area (Å²) in [6.07, 6.45) is 9.80. The fourth-order valence-electron chi connectivity index (χ4n) is 9.59. The SMILES string of the molecule is COC(=O)CC[C@H](C)[C@@H]1CC[C@@H]2[C@@H]3CC[C@@H]4C[C@H](OC(C)=O)CC[C@]4(C)[C@H]3[C@H](OC(C)=O)C[C@]21C. The molecule has 198 valence electrons. The van der Waals surface area contributed by atoms with Gasteiger partial charge in [0.05, 0.1) is 7.11 Å². The molecule has 0 spiro atoms. The molecule has 0 amide bonds. The Hall–Kier alpha value is -1.59. The molecule has 0 aromatic carbocycles. The van der Waals surface area contributed by atoms with Gasteiger partial charge in [-0.15, -0.1) is 0 Å². The summed E-state index contributed by atoms with van der Waals surface area (Å²) < 4.78 is 16.7. The molecule has 6 nitrogen and oxygen atoms in total. The van der Waals surface area contributed by atoms with Crippen molar-refractivity contribution in [1.29, 1.82) is 0 Å². The van der Waals surface area contributed by atoms with E-state index in [0.29, 0.717) is 41.9 Å². The topological polar surface area (TPSA) is 78.9 Å². The Morgan fingerprint density at radius 1 is 0.943 bits per heavy atom. The molecule has 0 aromatic rings. The molecule has 10 atom stereocenters. The van der Waals surface area contributed by atoms with Crippen LogP contribution in [0.15, 0.2) is 0 Å². The summed E-state index contributed by atoms with van der Waals surface area (Å²) in [5.74, 6) is 2.53. The largest absolute Gasteiger partial charge is 0.469 e. The molecule has 4 saturated carbocycles. The number of hydrogen-bond donors (Lipinski definition) is 0. The molecule has 0 aromatic heterocycles. The first-order chi connectivity index (χ1) is 16.5. The van der Waals surface area contributed by atoms with E-state index in [0.717, 1.165) is 38.5 Å². The van der Waals surface area contributed by atoms with E-state index in [1.165, 1.54) is 33.3 Å². The first-order valence-electron chi connectivity index (χ1n) is 13.9. The van der Waals surface area contributed by atoms with E-state index in [1.54, 1.807) is 6.92 Å². The standard InChI is InChI=1S/C29H46O6/c1-17(7-12-26(32)33-6)23-10-11-24-22-9-8-20-15-21(34-18(2)30)13-14-28(20,4)27(22)25(35-19(3)31)16-29(23,24)5/h17,20-25,27H,7-16H2,1-6H3/t17-,20+,21+,22-,23-,24+,25+,27+,28-,29-/m0/s1. The molecule has 0 aliphatic heterocycles. The van der Waals surface area contributed by atoms with Crippen molar-refractivity contribution in [2.75, 3.05) is 7.11 Å². The number of fused-ring (bicyclic) bond motifs is 5. The van der Waals surface area contributed by atoms with Gasteiger partial charge in [-0.1, -0.05) is 20.8 Å². The van der Waals surface area contributed by atoms with Crippen molar-refractivity contribution >= 4 is 17.9 Å². The highest BCUT2D eigenvalue weighted by atomic mass is 16.5. The van der Waals surface area contributed by atoms with Crippen LogP contribution in [0.2, 0.25) is 0 Å². The quantitative estimate of drug-likeness (QED) is 0.351. The molecule has 6 heteroatoms. The molecule has 4 aliphatic carbocycles. The van der Waals surface area contributed by atoms with E-state index in [9.17, 15) is 14.4 Å². The maximum Gasteiger partial charge on any atom is 0.305 e. The van der Waals surface area contributed by atoms with Crippen LogP contribution < -0.4 is 0 Å². The Labute approximate surface area is 211 Å². The van der Waals surface area contributed by atoms with Crippen LogP contribution in [0.4, 0.5) is 0 Å². The highest BCUT2D eigenvalue weighted by Gasteiger charge is 2.64. The number of rotatable bonds is 6. The fourth-order valence-corrected chi connectivity index (χ4v) is 9.59. The van der Waals surface area contributed by atoms with Crippen molar-refractivity contribution in [2.45, 2.75) is 111 Å². The lowest BCUT2D eigenvalue weighted by atomic mass is 9.43. The second kappa shape index (κ2) is 10.0. The van der Waals surface area contributed by atoms with Crippen LogP contribution in [-0.2, 0) is 28.6 Å². The second-order valence-electron chi connectivity index (χ2n) is 12.7. The summed E-state index contributed by atoms with van der Waals surface area (Å²) >= 11 is 0. The summed E-state index contributed by atoms with van der Waals surface area (Å²) in [6.45, 7) is 10.2. The van der Waals surface area contributed by atoms with Gasteiger partial charge in [-0.2, -0.15) is 0 Å². The summed E-state index contributed by atoms with van der Waals surface area (Å²) in [5, 5.41) is 0. The summed E-state index contributed by atoms with van der Waals surface area (Å²) in [4.78, 5) is 35.7. The van der Waals surface area contributed by atoms with Crippen LogP contribution in [0.1, 0.15) is 98.8 Å². The molecule has 0 N–H and O–H groups in total. The zero-order chi connectivity index (χ0) is 25.5. The minimum Gasteiger partial charge on any atom is -0.469 e. The van der Waals surface area contributed by atoms with Gasteiger partial charge in [0.2, 0.25) is 0 Å². The van der Waals surface area contributed by atoms with Crippen LogP contribution in [0.25, 0.3) is 0 Å². The number of ether oxygens (including phenoxy) is 3. The van der Waals surface area contributed by atoms with E-state index in [-0.39, 0.29) is 40.9 Å². The lowest BCUT2D eigenvalue weighted by Crippen LogP contribution is -2.60. The van der Waals surface area contributed by atoms with Gasteiger partial charge in [0.15, 0.2) is 0 Å². The molecule has 0 radical (unpaired) electrons.